The summed E-state index contributed by atoms with van der Waals surface area (Å²) >= 11 is 0. The van der Waals surface area contributed by atoms with Crippen LogP contribution in [0.2, 0.25) is 0 Å². The topological polar surface area (TPSA) is 38.0 Å². The summed E-state index contributed by atoms with van der Waals surface area (Å²) in [5.74, 6) is 0. The number of nitrogens with two attached hydrogens (primary N) is 1. The molecule has 1 unspecified atom stereocenters. The summed E-state index contributed by atoms with van der Waals surface area (Å²) in [4.78, 5) is 0. The van der Waals surface area contributed by atoms with Crippen molar-refractivity contribution in [2.75, 3.05) is 13.1 Å². The molecule has 2 nitrogen and oxygen atoms in total. The van der Waals surface area contributed by atoms with Crippen LogP contribution in [0.5, 0.6) is 0 Å². The Morgan fingerprint density at radius 2 is 2.00 bits per heavy atom. The zero-order valence-corrected chi connectivity index (χ0v) is 6.23. The highest BCUT2D eigenvalue weighted by Crippen LogP contribution is 1.90. The fourth-order valence-corrected chi connectivity index (χ4v) is 0.677. The van der Waals surface area contributed by atoms with Gasteiger partial charge in [0, 0.05) is 12.6 Å². The quantitative estimate of drug-likeness (QED) is 0.528. The van der Waals surface area contributed by atoms with E-state index in [0.29, 0.717) is 6.04 Å². The number of hydrogen-bond acceptors (Lipinski definition) is 2. The normalized spacial score (nSPS) is 25.9. The lowest BCUT2D eigenvalue weighted by molar-refractivity contribution is 0.742. The fraction of sp³-hybridized carbons (Fsp3) is 1.00. The molecule has 0 aromatic heterocycles. The third-order valence-corrected chi connectivity index (χ3v) is 1.10. The van der Waals surface area contributed by atoms with E-state index < -0.39 is 0 Å². The molecule has 1 aliphatic heterocycles. The van der Waals surface area contributed by atoms with E-state index >= 15 is 0 Å². The zero-order chi connectivity index (χ0) is 4.41. The summed E-state index contributed by atoms with van der Waals surface area (Å²) in [6.45, 7) is 2.13. The maximum absolute atomic E-state index is 5.47. The van der Waals surface area contributed by atoms with Crippen LogP contribution < -0.4 is 11.1 Å². The van der Waals surface area contributed by atoms with E-state index in [0.717, 1.165) is 19.5 Å². The molecule has 1 heterocycles. The Kier molecular flexibility index (Phi) is 7.97. The highest BCUT2D eigenvalue weighted by atomic mass is 35.5. The van der Waals surface area contributed by atoms with Gasteiger partial charge in [0.15, 0.2) is 0 Å². The molecule has 0 aromatic carbocycles. The highest BCUT2D eigenvalue weighted by Gasteiger charge is 2.06. The Bertz CT molecular complexity index is 45.3. The van der Waals surface area contributed by atoms with Gasteiger partial charge < -0.3 is 11.1 Å². The molecule has 0 amide bonds. The first-order valence-electron chi connectivity index (χ1n) is 2.36. The van der Waals surface area contributed by atoms with Crippen molar-refractivity contribution in [3.8, 4) is 0 Å². The minimum atomic E-state index is 0. The minimum Gasteiger partial charge on any atom is -0.327 e. The number of hydrogen-bond donors (Lipinski definition) is 2. The van der Waals surface area contributed by atoms with Crippen LogP contribution >= 0.6 is 24.8 Å². The van der Waals surface area contributed by atoms with Crippen molar-refractivity contribution in [3.63, 3.8) is 0 Å². The van der Waals surface area contributed by atoms with E-state index in [1.807, 2.05) is 0 Å². The highest BCUT2D eigenvalue weighted by molar-refractivity contribution is 5.85. The van der Waals surface area contributed by atoms with Crippen molar-refractivity contribution in [1.29, 1.82) is 0 Å². The summed E-state index contributed by atoms with van der Waals surface area (Å²) < 4.78 is 0. The van der Waals surface area contributed by atoms with E-state index in [2.05, 4.69) is 5.32 Å². The van der Waals surface area contributed by atoms with Gasteiger partial charge in [-0.2, -0.15) is 0 Å². The maximum atomic E-state index is 5.47. The van der Waals surface area contributed by atoms with Gasteiger partial charge in [-0.15, -0.1) is 24.8 Å². The largest absolute Gasteiger partial charge is 0.327 e. The molecule has 1 rings (SSSR count). The molecule has 52 valence electrons. The van der Waals surface area contributed by atoms with Gasteiger partial charge >= 0.3 is 0 Å². The summed E-state index contributed by atoms with van der Waals surface area (Å²) in [6, 6.07) is 0.435. The van der Waals surface area contributed by atoms with Crippen molar-refractivity contribution < 1.29 is 0 Å². The van der Waals surface area contributed by atoms with Gasteiger partial charge in [0.2, 0.25) is 0 Å². The number of halogens is 2. The molecule has 3 N–H and O–H groups in total. The van der Waals surface area contributed by atoms with Crippen LogP contribution in [-0.4, -0.2) is 19.1 Å². The van der Waals surface area contributed by atoms with Gasteiger partial charge in [0.1, 0.15) is 0 Å². The van der Waals surface area contributed by atoms with Crippen LogP contribution in [0, 0.1) is 0 Å². The molecule has 0 bridgehead atoms. The molecule has 0 aromatic rings. The molecule has 8 heavy (non-hydrogen) atoms. The SMILES string of the molecule is Cl.Cl.NC1CCNC1. The van der Waals surface area contributed by atoms with E-state index in [9.17, 15) is 0 Å². The lowest BCUT2D eigenvalue weighted by Gasteiger charge is -1.91. The van der Waals surface area contributed by atoms with E-state index in [-0.39, 0.29) is 24.8 Å². The summed E-state index contributed by atoms with van der Waals surface area (Å²) in [6.07, 6.45) is 1.15. The third kappa shape index (κ3) is 3.50. The number of rotatable bonds is 0. The third-order valence-electron chi connectivity index (χ3n) is 1.10. The van der Waals surface area contributed by atoms with Crippen molar-refractivity contribution in [2.24, 2.45) is 5.73 Å². The molecule has 0 saturated carbocycles. The summed E-state index contributed by atoms with van der Waals surface area (Å²) in [7, 11) is 0. The molecule has 0 aliphatic carbocycles. The fourth-order valence-electron chi connectivity index (χ4n) is 0.677. The molecule has 1 fully saturated rings. The standard InChI is InChI=1S/C4H10N2.2ClH/c5-4-1-2-6-3-4;;/h4,6H,1-3,5H2;2*1H. The van der Waals surface area contributed by atoms with Crippen LogP contribution in [0.1, 0.15) is 6.42 Å². The van der Waals surface area contributed by atoms with Crippen molar-refractivity contribution >= 4 is 24.8 Å². The lowest BCUT2D eigenvalue weighted by atomic mass is 10.3. The first-order chi connectivity index (χ1) is 2.89. The first kappa shape index (κ1) is 11.3. The van der Waals surface area contributed by atoms with Gasteiger partial charge in [-0.1, -0.05) is 0 Å². The predicted molar refractivity (Wildman–Crippen MR) is 40.0 cm³/mol. The van der Waals surface area contributed by atoms with E-state index in [1.165, 1.54) is 0 Å². The molecular formula is C4H12Cl2N2. The average Bonchev–Trinajstić information content (AvgIpc) is 1.86. The minimum absolute atomic E-state index is 0. The van der Waals surface area contributed by atoms with E-state index in [4.69, 9.17) is 5.73 Å². The molecule has 4 heteroatoms. The van der Waals surface area contributed by atoms with Crippen LogP contribution in [-0.2, 0) is 0 Å². The smallest absolute Gasteiger partial charge is 0.0177 e. The summed E-state index contributed by atoms with van der Waals surface area (Å²) in [5.41, 5.74) is 5.47. The Labute approximate surface area is 62.0 Å². The average molecular weight is 159 g/mol. The van der Waals surface area contributed by atoms with Crippen LogP contribution in [0.25, 0.3) is 0 Å². The van der Waals surface area contributed by atoms with E-state index in [1.54, 1.807) is 0 Å². The zero-order valence-electron chi connectivity index (χ0n) is 4.59. The predicted octanol–water partition coefficient (Wildman–Crippen LogP) is 0.151. The van der Waals surface area contributed by atoms with Gasteiger partial charge in [-0.05, 0) is 13.0 Å². The summed E-state index contributed by atoms with van der Waals surface area (Å²) in [5, 5.41) is 3.15. The Hall–Kier alpha value is 0.500. The van der Waals surface area contributed by atoms with Crippen LogP contribution in [0.15, 0.2) is 0 Å². The maximum Gasteiger partial charge on any atom is 0.0177 e. The molecule has 0 radical (unpaired) electrons. The molecule has 0 spiro atoms. The molecule has 1 saturated heterocycles. The van der Waals surface area contributed by atoms with Gasteiger partial charge in [-0.3, -0.25) is 0 Å². The van der Waals surface area contributed by atoms with Gasteiger partial charge in [0.25, 0.3) is 0 Å². The first-order valence-corrected chi connectivity index (χ1v) is 2.36. The lowest BCUT2D eigenvalue weighted by Crippen LogP contribution is -2.21. The number of nitrogens with one attached hydrogen (secondary N) is 1. The van der Waals surface area contributed by atoms with Gasteiger partial charge in [0.05, 0.1) is 0 Å². The molecular weight excluding hydrogens is 147 g/mol. The molecule has 1 atom stereocenters. The van der Waals surface area contributed by atoms with Crippen molar-refractivity contribution in [1.82, 2.24) is 5.32 Å². The van der Waals surface area contributed by atoms with Crippen molar-refractivity contribution in [3.05, 3.63) is 0 Å². The molecule has 1 aliphatic rings. The monoisotopic (exact) mass is 158 g/mol. The van der Waals surface area contributed by atoms with Gasteiger partial charge in [-0.25, -0.2) is 0 Å². The second-order valence-electron chi connectivity index (χ2n) is 1.75. The second kappa shape index (κ2) is 5.63. The Morgan fingerprint density at radius 1 is 1.38 bits per heavy atom. The van der Waals surface area contributed by atoms with Crippen LogP contribution in [0.4, 0.5) is 0 Å². The Balaban J connectivity index is 0. The van der Waals surface area contributed by atoms with Crippen molar-refractivity contribution in [2.45, 2.75) is 12.5 Å². The van der Waals surface area contributed by atoms with Crippen LogP contribution in [0.3, 0.4) is 0 Å². The second-order valence-corrected chi connectivity index (χ2v) is 1.75. The Morgan fingerprint density at radius 3 is 2.12 bits per heavy atom.